The van der Waals surface area contributed by atoms with Crippen LogP contribution in [-0.2, 0) is 6.54 Å². The zero-order chi connectivity index (χ0) is 21.5. The zero-order valence-corrected chi connectivity index (χ0v) is 16.2. The smallest absolute Gasteiger partial charge is 0.401 e. The Hall–Kier alpha value is -2.56. The number of aromatic nitrogens is 3. The Kier molecular flexibility index (Phi) is 5.48. The molecule has 0 saturated heterocycles. The summed E-state index contributed by atoms with van der Waals surface area (Å²) in [5.41, 5.74) is 1.28. The minimum Gasteiger partial charge on any atom is -0.417 e. The second-order valence-corrected chi connectivity index (χ2v) is 7.67. The number of hydrogen-bond acceptors (Lipinski definition) is 6. The van der Waals surface area contributed by atoms with Crippen molar-refractivity contribution >= 4 is 5.91 Å². The summed E-state index contributed by atoms with van der Waals surface area (Å²) in [7, 11) is 0. The molecule has 3 heterocycles. The maximum absolute atomic E-state index is 13.3. The van der Waals surface area contributed by atoms with Gasteiger partial charge in [-0.1, -0.05) is 12.8 Å². The fourth-order valence-corrected chi connectivity index (χ4v) is 4.06. The summed E-state index contributed by atoms with van der Waals surface area (Å²) >= 11 is 0. The van der Waals surface area contributed by atoms with Crippen LogP contribution in [0.1, 0.15) is 60.7 Å². The molecule has 1 N–H and O–H groups in total. The number of pyridine rings is 1. The topological polar surface area (TPSA) is 84.2 Å². The third-order valence-electron chi connectivity index (χ3n) is 5.50. The van der Waals surface area contributed by atoms with Crippen molar-refractivity contribution in [2.75, 3.05) is 6.54 Å². The normalized spacial score (nSPS) is 23.0. The van der Waals surface area contributed by atoms with Crippen LogP contribution in [0.2, 0.25) is 0 Å². The van der Waals surface area contributed by atoms with Gasteiger partial charge in [0.05, 0.1) is 29.9 Å². The molecule has 11 heteroatoms. The van der Waals surface area contributed by atoms with E-state index in [1.807, 2.05) is 0 Å². The fraction of sp³-hybridized carbons (Fsp3) is 0.579. The Morgan fingerprint density at radius 1 is 1.30 bits per heavy atom. The van der Waals surface area contributed by atoms with Crippen molar-refractivity contribution in [3.8, 4) is 11.5 Å². The monoisotopic (exact) mass is 427 g/mol. The van der Waals surface area contributed by atoms with Gasteiger partial charge >= 0.3 is 6.18 Å². The second-order valence-electron chi connectivity index (χ2n) is 7.67. The lowest BCUT2D eigenvalue weighted by Crippen LogP contribution is -2.53. The minimum atomic E-state index is -4.31. The molecule has 3 atom stereocenters. The van der Waals surface area contributed by atoms with Gasteiger partial charge in [0.15, 0.2) is 6.17 Å². The van der Waals surface area contributed by atoms with Gasteiger partial charge in [0.2, 0.25) is 5.89 Å². The molecule has 0 aromatic carbocycles. The van der Waals surface area contributed by atoms with Gasteiger partial charge in [0, 0.05) is 18.3 Å². The maximum Gasteiger partial charge on any atom is 0.401 e. The molecule has 1 amide bonds. The van der Waals surface area contributed by atoms with Gasteiger partial charge < -0.3 is 14.6 Å². The highest BCUT2D eigenvalue weighted by Gasteiger charge is 2.40. The van der Waals surface area contributed by atoms with E-state index in [1.54, 1.807) is 11.0 Å². The van der Waals surface area contributed by atoms with Crippen LogP contribution in [0.4, 0.5) is 17.6 Å². The van der Waals surface area contributed by atoms with E-state index in [0.29, 0.717) is 29.7 Å². The van der Waals surface area contributed by atoms with Crippen molar-refractivity contribution in [1.82, 2.24) is 25.4 Å². The average molecular weight is 427 g/mol. The average Bonchev–Trinajstić information content (AvgIpc) is 3.31. The fourth-order valence-electron chi connectivity index (χ4n) is 4.06. The van der Waals surface area contributed by atoms with Crippen LogP contribution in [0.25, 0.3) is 11.5 Å². The van der Waals surface area contributed by atoms with Gasteiger partial charge in [-0.2, -0.15) is 13.2 Å². The number of nitrogens with zero attached hydrogens (tertiary/aromatic N) is 4. The lowest BCUT2D eigenvalue weighted by atomic mass is 9.89. The van der Waals surface area contributed by atoms with Gasteiger partial charge in [-0.3, -0.25) is 9.78 Å². The van der Waals surface area contributed by atoms with Gasteiger partial charge in [0.1, 0.15) is 0 Å². The summed E-state index contributed by atoms with van der Waals surface area (Å²) in [6.07, 6.45) is -1.39. The van der Waals surface area contributed by atoms with Crippen molar-refractivity contribution in [2.45, 2.75) is 63.6 Å². The highest BCUT2D eigenvalue weighted by atomic mass is 19.4. The molecule has 2 aliphatic rings. The van der Waals surface area contributed by atoms with Crippen molar-refractivity contribution in [3.05, 3.63) is 29.4 Å². The van der Waals surface area contributed by atoms with Crippen LogP contribution in [0.3, 0.4) is 0 Å². The predicted molar refractivity (Wildman–Crippen MR) is 97.0 cm³/mol. The van der Waals surface area contributed by atoms with Crippen molar-refractivity contribution in [1.29, 1.82) is 0 Å². The number of alkyl halides is 4. The first-order valence-corrected chi connectivity index (χ1v) is 9.81. The molecule has 1 aliphatic carbocycles. The first-order chi connectivity index (χ1) is 14.2. The van der Waals surface area contributed by atoms with E-state index in [9.17, 15) is 22.4 Å². The van der Waals surface area contributed by atoms with E-state index in [0.717, 1.165) is 12.8 Å². The standard InChI is InChI=1S/C19H21F4N5O2/c1-10(20)16-26-27-17(30-16)11-6-12-14(24-7-11)8-28(18(12)29)15-5-3-2-4-13(15)25-9-19(21,22)23/h6-7,10,13,15,25H,2-5,8-9H2,1H3/t10?,13-,15?/m1/s1. The third-order valence-corrected chi connectivity index (χ3v) is 5.50. The van der Waals surface area contributed by atoms with Crippen molar-refractivity contribution in [2.24, 2.45) is 0 Å². The van der Waals surface area contributed by atoms with E-state index < -0.39 is 24.9 Å². The Morgan fingerprint density at radius 2 is 2.07 bits per heavy atom. The summed E-state index contributed by atoms with van der Waals surface area (Å²) in [5.74, 6) is -0.402. The van der Waals surface area contributed by atoms with E-state index in [-0.39, 0.29) is 30.3 Å². The number of hydrogen-bond donors (Lipinski definition) is 1. The lowest BCUT2D eigenvalue weighted by molar-refractivity contribution is -0.127. The van der Waals surface area contributed by atoms with Gasteiger partial charge in [-0.05, 0) is 25.8 Å². The Morgan fingerprint density at radius 3 is 2.77 bits per heavy atom. The number of halogens is 4. The van der Waals surface area contributed by atoms with E-state index in [4.69, 9.17) is 4.42 Å². The third kappa shape index (κ3) is 4.16. The van der Waals surface area contributed by atoms with E-state index >= 15 is 0 Å². The molecule has 2 unspecified atom stereocenters. The molecule has 2 aromatic heterocycles. The van der Waals surface area contributed by atoms with Crippen LogP contribution in [0, 0.1) is 0 Å². The van der Waals surface area contributed by atoms with Gasteiger partial charge in [0.25, 0.3) is 11.8 Å². The quantitative estimate of drug-likeness (QED) is 0.735. The summed E-state index contributed by atoms with van der Waals surface area (Å²) in [6.45, 7) is 0.422. The molecule has 30 heavy (non-hydrogen) atoms. The SMILES string of the molecule is CC(F)c1nnc(-c2cnc3c(c2)C(=O)N(C2CCCC[C@H]2NCC(F)(F)F)C3)o1. The predicted octanol–water partition coefficient (Wildman–Crippen LogP) is 3.58. The minimum absolute atomic E-state index is 0.0541. The molecule has 1 saturated carbocycles. The highest BCUT2D eigenvalue weighted by Crippen LogP contribution is 2.33. The largest absolute Gasteiger partial charge is 0.417 e. The van der Waals surface area contributed by atoms with Crippen LogP contribution in [0.15, 0.2) is 16.7 Å². The first kappa shape index (κ1) is 20.7. The first-order valence-electron chi connectivity index (χ1n) is 9.81. The maximum atomic E-state index is 13.3. The Balaban J connectivity index is 1.54. The van der Waals surface area contributed by atoms with Crippen molar-refractivity contribution < 1.29 is 26.8 Å². The summed E-state index contributed by atoms with van der Waals surface area (Å²) in [4.78, 5) is 19.0. The van der Waals surface area contributed by atoms with Crippen LogP contribution < -0.4 is 5.32 Å². The highest BCUT2D eigenvalue weighted by molar-refractivity contribution is 5.99. The molecular weight excluding hydrogens is 406 g/mol. The summed E-state index contributed by atoms with van der Waals surface area (Å²) in [6, 6.07) is 0.794. The van der Waals surface area contributed by atoms with Gasteiger partial charge in [-0.15, -0.1) is 10.2 Å². The molecule has 2 aromatic rings. The molecular formula is C19H21F4N5O2. The number of fused-ring (bicyclic) bond motifs is 1. The molecule has 4 rings (SSSR count). The van der Waals surface area contributed by atoms with Crippen LogP contribution in [-0.4, -0.2) is 50.8 Å². The molecule has 1 fully saturated rings. The van der Waals surface area contributed by atoms with Crippen LogP contribution >= 0.6 is 0 Å². The summed E-state index contributed by atoms with van der Waals surface area (Å²) < 4.78 is 56.6. The number of carbonyl (C=O) groups excluding carboxylic acids is 1. The molecule has 0 spiro atoms. The Bertz CT molecular complexity index is 930. The summed E-state index contributed by atoms with van der Waals surface area (Å²) in [5, 5.41) is 9.99. The van der Waals surface area contributed by atoms with Crippen molar-refractivity contribution in [3.63, 3.8) is 0 Å². The molecule has 7 nitrogen and oxygen atoms in total. The number of nitrogens with one attached hydrogen (secondary N) is 1. The zero-order valence-electron chi connectivity index (χ0n) is 16.2. The molecule has 0 radical (unpaired) electrons. The molecule has 0 bridgehead atoms. The number of rotatable bonds is 5. The number of amides is 1. The Labute approximate surface area is 169 Å². The van der Waals surface area contributed by atoms with Gasteiger partial charge in [-0.25, -0.2) is 4.39 Å². The second kappa shape index (κ2) is 7.93. The van der Waals surface area contributed by atoms with E-state index in [1.165, 1.54) is 13.1 Å². The lowest BCUT2D eigenvalue weighted by Gasteiger charge is -2.38. The van der Waals surface area contributed by atoms with Crippen LogP contribution in [0.5, 0.6) is 0 Å². The number of carbonyl (C=O) groups is 1. The molecule has 1 aliphatic heterocycles. The molecule has 162 valence electrons. The van der Waals surface area contributed by atoms with E-state index in [2.05, 4.69) is 20.5 Å².